The Morgan fingerprint density at radius 1 is 1.07 bits per heavy atom. The molecule has 1 N–H and O–H groups in total. The minimum absolute atomic E-state index is 0.0300. The Balaban J connectivity index is 1.96. The van der Waals surface area contributed by atoms with Crippen LogP contribution in [0.5, 0.6) is 0 Å². The van der Waals surface area contributed by atoms with Gasteiger partial charge in [-0.2, -0.15) is 5.26 Å². The first kappa shape index (κ1) is 21.4. The second-order valence-corrected chi connectivity index (χ2v) is 9.14. The molecule has 0 saturated heterocycles. The second kappa shape index (κ2) is 8.60. The highest BCUT2D eigenvalue weighted by molar-refractivity contribution is 7.92. The predicted molar refractivity (Wildman–Crippen MR) is 115 cm³/mol. The molecule has 3 aromatic rings. The predicted octanol–water partition coefficient (Wildman–Crippen LogP) is 5.81. The molecule has 9 heteroatoms. The van der Waals surface area contributed by atoms with Crippen molar-refractivity contribution in [3.8, 4) is 6.07 Å². The van der Waals surface area contributed by atoms with Gasteiger partial charge in [0.1, 0.15) is 10.0 Å². The van der Waals surface area contributed by atoms with E-state index in [1.165, 1.54) is 24.4 Å². The third kappa shape index (κ3) is 4.82. The number of pyridine rings is 1. The van der Waals surface area contributed by atoms with Gasteiger partial charge in [0.15, 0.2) is 0 Å². The molecule has 1 atom stereocenters. The van der Waals surface area contributed by atoms with Crippen molar-refractivity contribution in [3.05, 3.63) is 86.6 Å². The van der Waals surface area contributed by atoms with Gasteiger partial charge in [-0.3, -0.25) is 4.72 Å². The van der Waals surface area contributed by atoms with Crippen molar-refractivity contribution in [1.82, 2.24) is 4.98 Å². The quantitative estimate of drug-likeness (QED) is 0.481. The molecule has 3 rings (SSSR count). The van der Waals surface area contributed by atoms with Crippen molar-refractivity contribution in [1.29, 1.82) is 5.26 Å². The minimum Gasteiger partial charge on any atom is -0.279 e. The van der Waals surface area contributed by atoms with Crippen molar-refractivity contribution in [2.24, 2.45) is 0 Å². The first-order chi connectivity index (χ1) is 13.7. The zero-order valence-corrected chi connectivity index (χ0v) is 18.1. The van der Waals surface area contributed by atoms with E-state index in [0.29, 0.717) is 21.8 Å². The van der Waals surface area contributed by atoms with Crippen LogP contribution in [0.25, 0.3) is 0 Å². The number of hydrogen-bond donors (Lipinski definition) is 1. The molecule has 0 fully saturated rings. The monoisotopic (exact) mass is 465 g/mol. The van der Waals surface area contributed by atoms with E-state index in [-0.39, 0.29) is 15.1 Å². The van der Waals surface area contributed by atoms with Gasteiger partial charge in [-0.1, -0.05) is 53.0 Å². The summed E-state index contributed by atoms with van der Waals surface area (Å²) in [7, 11) is -3.87. The summed E-state index contributed by atoms with van der Waals surface area (Å²) in [5.41, 5.74) is 2.23. The molecule has 2 aromatic carbocycles. The molecular formula is C20H14Cl3N3O2S. The highest BCUT2D eigenvalue weighted by Gasteiger charge is 2.21. The molecule has 0 bridgehead atoms. The summed E-state index contributed by atoms with van der Waals surface area (Å²) in [6.07, 6.45) is 1.17. The Hall–Kier alpha value is -2.30. The van der Waals surface area contributed by atoms with Gasteiger partial charge < -0.3 is 0 Å². The molecule has 29 heavy (non-hydrogen) atoms. The summed E-state index contributed by atoms with van der Waals surface area (Å²) >= 11 is 18.0. The highest BCUT2D eigenvalue weighted by atomic mass is 35.5. The van der Waals surface area contributed by atoms with Crippen molar-refractivity contribution < 1.29 is 8.42 Å². The molecule has 148 valence electrons. The zero-order valence-electron chi connectivity index (χ0n) is 15.0. The number of nitriles is 1. The largest absolute Gasteiger partial charge is 0.279 e. The zero-order chi connectivity index (χ0) is 21.2. The summed E-state index contributed by atoms with van der Waals surface area (Å²) in [6, 6.07) is 15.1. The lowest BCUT2D eigenvalue weighted by molar-refractivity contribution is 0.601. The maximum Gasteiger partial charge on any atom is 0.263 e. The number of nitrogens with one attached hydrogen (secondary N) is 1. The van der Waals surface area contributed by atoms with Crippen LogP contribution in [0.15, 0.2) is 59.6 Å². The van der Waals surface area contributed by atoms with Crippen LogP contribution in [0.1, 0.15) is 22.6 Å². The number of hydrogen-bond acceptors (Lipinski definition) is 4. The number of sulfonamides is 1. The summed E-state index contributed by atoms with van der Waals surface area (Å²) < 4.78 is 27.7. The van der Waals surface area contributed by atoms with Crippen molar-refractivity contribution in [3.63, 3.8) is 0 Å². The lowest BCUT2D eigenvalue weighted by Gasteiger charge is -2.16. The summed E-state index contributed by atoms with van der Waals surface area (Å²) in [5.74, 6) is -0.621. The average molecular weight is 467 g/mol. The molecule has 1 heterocycles. The number of aryl methyl sites for hydroxylation is 1. The number of anilines is 1. The Morgan fingerprint density at radius 3 is 2.34 bits per heavy atom. The van der Waals surface area contributed by atoms with Gasteiger partial charge in [-0.25, -0.2) is 13.4 Å². The molecule has 0 amide bonds. The fourth-order valence-electron chi connectivity index (χ4n) is 2.74. The first-order valence-corrected chi connectivity index (χ1v) is 10.9. The lowest BCUT2D eigenvalue weighted by Crippen LogP contribution is -2.14. The fourth-order valence-corrected chi connectivity index (χ4v) is 4.32. The van der Waals surface area contributed by atoms with Crippen LogP contribution in [0.4, 0.5) is 5.69 Å². The standard InChI is InChI=1S/C20H14Cl3N3O2S/c1-12-8-16(17(10-24)13-2-4-14(21)5-3-13)18(22)9-19(12)26-29(27,28)15-6-7-20(23)25-11-15/h2-9,11,17,26H,1H3. The van der Waals surface area contributed by atoms with Gasteiger partial charge in [0.2, 0.25) is 0 Å². The molecular weight excluding hydrogens is 453 g/mol. The molecule has 0 spiro atoms. The van der Waals surface area contributed by atoms with Crippen LogP contribution in [0.3, 0.4) is 0 Å². The number of aromatic nitrogens is 1. The molecule has 0 radical (unpaired) electrons. The van der Waals surface area contributed by atoms with Crippen LogP contribution in [-0.2, 0) is 10.0 Å². The lowest BCUT2D eigenvalue weighted by atomic mass is 9.91. The van der Waals surface area contributed by atoms with E-state index >= 15 is 0 Å². The fraction of sp³-hybridized carbons (Fsp3) is 0.100. The van der Waals surface area contributed by atoms with E-state index in [4.69, 9.17) is 34.8 Å². The van der Waals surface area contributed by atoms with E-state index in [1.54, 1.807) is 37.3 Å². The van der Waals surface area contributed by atoms with Crippen LogP contribution < -0.4 is 4.72 Å². The van der Waals surface area contributed by atoms with Crippen LogP contribution in [0.2, 0.25) is 15.2 Å². The van der Waals surface area contributed by atoms with Crippen LogP contribution in [-0.4, -0.2) is 13.4 Å². The minimum atomic E-state index is -3.87. The summed E-state index contributed by atoms with van der Waals surface area (Å²) in [5, 5.41) is 10.7. The number of rotatable bonds is 5. The summed E-state index contributed by atoms with van der Waals surface area (Å²) in [6.45, 7) is 1.73. The Labute approximate surface area is 183 Å². The maximum absolute atomic E-state index is 12.6. The van der Waals surface area contributed by atoms with Crippen molar-refractivity contribution in [2.75, 3.05) is 4.72 Å². The maximum atomic E-state index is 12.6. The Morgan fingerprint density at radius 2 is 1.76 bits per heavy atom. The second-order valence-electron chi connectivity index (χ2n) is 6.22. The van der Waals surface area contributed by atoms with Gasteiger partial charge in [-0.15, -0.1) is 0 Å². The van der Waals surface area contributed by atoms with E-state index in [9.17, 15) is 13.7 Å². The van der Waals surface area contributed by atoms with E-state index in [2.05, 4.69) is 15.8 Å². The van der Waals surface area contributed by atoms with Crippen molar-refractivity contribution >= 4 is 50.5 Å². The van der Waals surface area contributed by atoms with Crippen LogP contribution in [0, 0.1) is 18.3 Å². The van der Waals surface area contributed by atoms with E-state index in [0.717, 1.165) is 5.56 Å². The molecule has 0 aliphatic heterocycles. The van der Waals surface area contributed by atoms with Crippen molar-refractivity contribution in [2.45, 2.75) is 17.7 Å². The normalized spacial score (nSPS) is 12.2. The Bertz CT molecular complexity index is 1190. The molecule has 1 unspecified atom stereocenters. The Kier molecular flexibility index (Phi) is 6.35. The average Bonchev–Trinajstić information content (AvgIpc) is 2.67. The molecule has 0 aliphatic carbocycles. The number of benzene rings is 2. The third-order valence-corrected chi connectivity index (χ3v) is 6.40. The van der Waals surface area contributed by atoms with Gasteiger partial charge >= 0.3 is 0 Å². The molecule has 1 aromatic heterocycles. The third-order valence-electron chi connectivity index (χ3n) is 4.24. The first-order valence-electron chi connectivity index (χ1n) is 8.31. The molecule has 0 saturated carbocycles. The van der Waals surface area contributed by atoms with Gasteiger partial charge in [0.05, 0.1) is 17.7 Å². The topological polar surface area (TPSA) is 82.9 Å². The molecule has 0 aliphatic rings. The highest BCUT2D eigenvalue weighted by Crippen LogP contribution is 2.35. The van der Waals surface area contributed by atoms with Gasteiger partial charge in [0.25, 0.3) is 10.0 Å². The summed E-state index contributed by atoms with van der Waals surface area (Å²) in [4.78, 5) is 3.76. The SMILES string of the molecule is Cc1cc(C(C#N)c2ccc(Cl)cc2)c(Cl)cc1NS(=O)(=O)c1ccc(Cl)nc1. The molecule has 5 nitrogen and oxygen atoms in total. The van der Waals surface area contributed by atoms with Gasteiger partial charge in [-0.05, 0) is 53.9 Å². The number of nitrogens with zero attached hydrogens (tertiary/aromatic N) is 2. The van der Waals surface area contributed by atoms with E-state index in [1.807, 2.05) is 0 Å². The van der Waals surface area contributed by atoms with Gasteiger partial charge in [0, 0.05) is 16.2 Å². The van der Waals surface area contributed by atoms with Crippen LogP contribution >= 0.6 is 34.8 Å². The smallest absolute Gasteiger partial charge is 0.263 e. The number of halogens is 3. The van der Waals surface area contributed by atoms with E-state index < -0.39 is 15.9 Å².